The molecule has 0 amide bonds. The van der Waals surface area contributed by atoms with Crippen LogP contribution in [-0.4, -0.2) is 11.2 Å². The third-order valence-electron chi connectivity index (χ3n) is 3.91. The van der Waals surface area contributed by atoms with E-state index in [1.54, 1.807) is 0 Å². The van der Waals surface area contributed by atoms with Crippen LogP contribution in [0.1, 0.15) is 97.8 Å². The molecule has 1 nitrogen and oxygen atoms in total. The van der Waals surface area contributed by atoms with E-state index in [2.05, 4.69) is 6.92 Å². The zero-order valence-electron chi connectivity index (χ0n) is 13.1. The molecule has 2 saturated carbocycles. The van der Waals surface area contributed by atoms with Gasteiger partial charge in [-0.3, -0.25) is 0 Å². The van der Waals surface area contributed by atoms with E-state index in [9.17, 15) is 0 Å². The second-order valence-electron chi connectivity index (χ2n) is 5.75. The van der Waals surface area contributed by atoms with Crippen molar-refractivity contribution < 1.29 is 5.11 Å². The van der Waals surface area contributed by atoms with Gasteiger partial charge in [-0.1, -0.05) is 85.0 Å². The highest BCUT2D eigenvalue weighted by Crippen LogP contribution is 2.22. The Hall–Kier alpha value is -0.0400. The minimum atomic E-state index is 0.0127. The monoisotopic (exact) mass is 256 g/mol. The first kappa shape index (κ1) is 18.0. The van der Waals surface area contributed by atoms with Crippen LogP contribution in [0.25, 0.3) is 0 Å². The summed E-state index contributed by atoms with van der Waals surface area (Å²) >= 11 is 0. The van der Waals surface area contributed by atoms with Gasteiger partial charge in [0.15, 0.2) is 0 Å². The number of hydrogen-bond donors (Lipinski definition) is 1. The van der Waals surface area contributed by atoms with E-state index in [1.807, 2.05) is 13.8 Å². The highest BCUT2D eigenvalue weighted by atomic mass is 16.3. The lowest BCUT2D eigenvalue weighted by molar-refractivity contribution is 0.106. The van der Waals surface area contributed by atoms with E-state index >= 15 is 0 Å². The third kappa shape index (κ3) is 11.1. The minimum Gasteiger partial charge on any atom is -0.393 e. The van der Waals surface area contributed by atoms with Gasteiger partial charge in [0.2, 0.25) is 0 Å². The normalized spacial score (nSPS) is 28.7. The fourth-order valence-electron chi connectivity index (χ4n) is 2.82. The highest BCUT2D eigenvalue weighted by molar-refractivity contribution is 4.67. The maximum Gasteiger partial charge on any atom is 0.0542 e. The molecule has 2 aliphatic rings. The van der Waals surface area contributed by atoms with Gasteiger partial charge in [-0.05, 0) is 18.8 Å². The van der Waals surface area contributed by atoms with Crippen molar-refractivity contribution in [1.29, 1.82) is 0 Å². The second-order valence-corrected chi connectivity index (χ2v) is 5.75. The van der Waals surface area contributed by atoms with E-state index in [0.717, 1.165) is 18.8 Å². The summed E-state index contributed by atoms with van der Waals surface area (Å²) in [4.78, 5) is 0. The molecule has 0 radical (unpaired) electrons. The predicted octanol–water partition coefficient (Wildman–Crippen LogP) is 5.70. The van der Waals surface area contributed by atoms with E-state index in [-0.39, 0.29) is 6.10 Å². The number of aliphatic hydroxyl groups is 1. The first-order chi connectivity index (χ1) is 8.79. The summed E-state index contributed by atoms with van der Waals surface area (Å²) in [6.07, 6.45) is 16.6. The fourth-order valence-corrected chi connectivity index (χ4v) is 2.82. The first-order valence-corrected chi connectivity index (χ1v) is 8.47. The van der Waals surface area contributed by atoms with Gasteiger partial charge in [0.1, 0.15) is 0 Å². The Labute approximate surface area is 115 Å². The molecule has 2 unspecified atom stereocenters. The van der Waals surface area contributed by atoms with Crippen molar-refractivity contribution in [3.63, 3.8) is 0 Å². The Morgan fingerprint density at radius 2 is 1.06 bits per heavy atom. The van der Waals surface area contributed by atoms with E-state index in [4.69, 9.17) is 5.11 Å². The molecule has 2 aliphatic carbocycles. The molecule has 0 spiro atoms. The van der Waals surface area contributed by atoms with E-state index in [0.29, 0.717) is 0 Å². The van der Waals surface area contributed by atoms with Crippen molar-refractivity contribution in [1.82, 2.24) is 0 Å². The van der Waals surface area contributed by atoms with Crippen LogP contribution in [0.5, 0.6) is 0 Å². The van der Waals surface area contributed by atoms with Crippen molar-refractivity contribution in [2.75, 3.05) is 0 Å². The minimum absolute atomic E-state index is 0.0127. The number of hydrogen-bond acceptors (Lipinski definition) is 1. The largest absolute Gasteiger partial charge is 0.393 e. The van der Waals surface area contributed by atoms with Gasteiger partial charge in [0, 0.05) is 0 Å². The fraction of sp³-hybridized carbons (Fsp3) is 1.00. The van der Waals surface area contributed by atoms with Crippen LogP contribution in [0.4, 0.5) is 0 Å². The molecule has 2 atom stereocenters. The van der Waals surface area contributed by atoms with Crippen molar-refractivity contribution in [3.8, 4) is 0 Å². The molecule has 2 fully saturated rings. The van der Waals surface area contributed by atoms with Crippen LogP contribution in [0.15, 0.2) is 0 Å². The molecule has 1 N–H and O–H groups in total. The molecular formula is C17H36O. The first-order valence-electron chi connectivity index (χ1n) is 8.47. The summed E-state index contributed by atoms with van der Waals surface area (Å²) in [5.41, 5.74) is 0. The van der Waals surface area contributed by atoms with E-state index < -0.39 is 0 Å². The third-order valence-corrected chi connectivity index (χ3v) is 3.91. The average Bonchev–Trinajstić information content (AvgIpc) is 2.31. The lowest BCUT2D eigenvalue weighted by Crippen LogP contribution is -2.16. The summed E-state index contributed by atoms with van der Waals surface area (Å²) in [6.45, 7) is 6.21. The summed E-state index contributed by atoms with van der Waals surface area (Å²) in [5, 5.41) is 9.08. The van der Waals surface area contributed by atoms with Gasteiger partial charge in [0.25, 0.3) is 0 Å². The molecule has 0 saturated heterocycles. The van der Waals surface area contributed by atoms with Crippen molar-refractivity contribution in [2.24, 2.45) is 5.92 Å². The molecule has 2 rings (SSSR count). The van der Waals surface area contributed by atoms with Crippen LogP contribution in [-0.2, 0) is 0 Å². The van der Waals surface area contributed by atoms with Crippen LogP contribution >= 0.6 is 0 Å². The molecule has 0 aromatic heterocycles. The molecule has 18 heavy (non-hydrogen) atoms. The number of rotatable bonds is 0. The Bertz CT molecular complexity index is 124. The van der Waals surface area contributed by atoms with Gasteiger partial charge in [0.05, 0.1) is 6.10 Å². The molecule has 1 heteroatoms. The Morgan fingerprint density at radius 3 is 1.28 bits per heavy atom. The quantitative estimate of drug-likeness (QED) is 0.589. The van der Waals surface area contributed by atoms with Crippen molar-refractivity contribution >= 4 is 0 Å². The predicted molar refractivity (Wildman–Crippen MR) is 81.9 cm³/mol. The average molecular weight is 256 g/mol. The molecule has 0 aliphatic heterocycles. The molecule has 110 valence electrons. The van der Waals surface area contributed by atoms with Crippen LogP contribution in [0.2, 0.25) is 0 Å². The Morgan fingerprint density at radius 1 is 0.667 bits per heavy atom. The standard InChI is InChI=1S/C8H16.C7H14O.C2H6/c1-2-4-6-8-7-5-3-1;1-6-3-2-4-7(8)5-6;1-2/h1-8H2;6-8H,2-5H2,1H3;1-2H3. The second kappa shape index (κ2) is 13.4. The SMILES string of the molecule is C1CCCCCCC1.CC.CC1CCCC(O)C1. The Kier molecular flexibility index (Phi) is 13.4. The van der Waals surface area contributed by atoms with Crippen LogP contribution in [0, 0.1) is 5.92 Å². The molecule has 0 aromatic rings. The van der Waals surface area contributed by atoms with Gasteiger partial charge >= 0.3 is 0 Å². The molecule has 0 bridgehead atoms. The van der Waals surface area contributed by atoms with Gasteiger partial charge in [-0.25, -0.2) is 0 Å². The highest BCUT2D eigenvalue weighted by Gasteiger charge is 2.15. The van der Waals surface area contributed by atoms with Gasteiger partial charge in [-0.2, -0.15) is 0 Å². The zero-order valence-corrected chi connectivity index (χ0v) is 13.1. The molecule has 0 heterocycles. The summed E-state index contributed by atoms with van der Waals surface area (Å²) in [6, 6.07) is 0. The lowest BCUT2D eigenvalue weighted by atomic mass is 9.89. The molecule has 0 aromatic carbocycles. The maximum atomic E-state index is 9.08. The Balaban J connectivity index is 0.000000283. The zero-order chi connectivity index (χ0) is 13.6. The van der Waals surface area contributed by atoms with Crippen LogP contribution in [0.3, 0.4) is 0 Å². The summed E-state index contributed by atoms with van der Waals surface area (Å²) in [7, 11) is 0. The molecular weight excluding hydrogens is 220 g/mol. The number of aliphatic hydroxyl groups excluding tert-OH is 1. The van der Waals surface area contributed by atoms with Crippen molar-refractivity contribution in [3.05, 3.63) is 0 Å². The topological polar surface area (TPSA) is 20.2 Å². The van der Waals surface area contributed by atoms with Gasteiger partial charge < -0.3 is 5.11 Å². The lowest BCUT2D eigenvalue weighted by Gasteiger charge is -2.21. The summed E-state index contributed by atoms with van der Waals surface area (Å²) < 4.78 is 0. The van der Waals surface area contributed by atoms with E-state index in [1.165, 1.54) is 64.2 Å². The van der Waals surface area contributed by atoms with Crippen LogP contribution < -0.4 is 0 Å². The maximum absolute atomic E-state index is 9.08. The summed E-state index contributed by atoms with van der Waals surface area (Å²) in [5.74, 6) is 0.763. The van der Waals surface area contributed by atoms with Gasteiger partial charge in [-0.15, -0.1) is 0 Å². The van der Waals surface area contributed by atoms with Crippen molar-refractivity contribution in [2.45, 2.75) is 104 Å². The smallest absolute Gasteiger partial charge is 0.0542 e.